The summed E-state index contributed by atoms with van der Waals surface area (Å²) in [6.45, 7) is 7.41. The van der Waals surface area contributed by atoms with E-state index in [0.29, 0.717) is 17.6 Å². The standard InChI is InChI=1S/C20H23ClF2N6O/c1-3-28(4-2)10-9-25-20-26-17-13(6-8-16(23)18(17)27-20)19(24)29(30)12-5-7-15(22)14(21)11-12/h5-8,11,24,30H,3-4,9-10H2,1-2H3,(H2,25,26,27). The number of imidazole rings is 1. The molecule has 0 atom stereocenters. The van der Waals surface area contributed by atoms with Crippen LogP contribution in [0.2, 0.25) is 5.02 Å². The summed E-state index contributed by atoms with van der Waals surface area (Å²) in [6, 6.07) is 6.11. The highest BCUT2D eigenvalue weighted by molar-refractivity contribution is 6.31. The van der Waals surface area contributed by atoms with Crippen molar-refractivity contribution >= 4 is 40.1 Å². The van der Waals surface area contributed by atoms with Gasteiger partial charge in [-0.2, -0.15) is 0 Å². The quantitative estimate of drug-likeness (QED) is 0.237. The van der Waals surface area contributed by atoms with Gasteiger partial charge in [-0.15, -0.1) is 0 Å². The van der Waals surface area contributed by atoms with Crippen molar-refractivity contribution in [2.24, 2.45) is 0 Å². The number of nitrogens with one attached hydrogen (secondary N) is 3. The Hall–Kier alpha value is -2.75. The second-order valence-electron chi connectivity index (χ2n) is 6.62. The van der Waals surface area contributed by atoms with Crippen molar-refractivity contribution in [2.75, 3.05) is 36.6 Å². The molecule has 3 aromatic rings. The van der Waals surface area contributed by atoms with Crippen molar-refractivity contribution in [3.63, 3.8) is 0 Å². The lowest BCUT2D eigenvalue weighted by Gasteiger charge is -2.18. The molecule has 0 saturated heterocycles. The first kappa shape index (κ1) is 21.9. The summed E-state index contributed by atoms with van der Waals surface area (Å²) in [5, 5.41) is 22.3. The normalized spacial score (nSPS) is 11.3. The number of aromatic nitrogens is 2. The molecule has 3 rings (SSSR count). The minimum absolute atomic E-state index is 0.0492. The fraction of sp³-hybridized carbons (Fsp3) is 0.300. The van der Waals surface area contributed by atoms with Crippen molar-refractivity contribution in [3.05, 3.63) is 52.6 Å². The van der Waals surface area contributed by atoms with Gasteiger partial charge in [-0.05, 0) is 43.4 Å². The number of likely N-dealkylation sites (N-methyl/N-ethyl adjacent to an activating group) is 1. The Morgan fingerprint density at radius 2 is 1.90 bits per heavy atom. The summed E-state index contributed by atoms with van der Waals surface area (Å²) in [5.41, 5.74) is 0.630. The van der Waals surface area contributed by atoms with Gasteiger partial charge >= 0.3 is 0 Å². The molecule has 0 radical (unpaired) electrons. The molecule has 0 aliphatic carbocycles. The Balaban J connectivity index is 1.86. The van der Waals surface area contributed by atoms with Gasteiger partial charge in [-0.1, -0.05) is 25.4 Å². The molecule has 0 aliphatic rings. The Morgan fingerprint density at radius 3 is 2.57 bits per heavy atom. The maximum atomic E-state index is 14.3. The van der Waals surface area contributed by atoms with E-state index in [9.17, 15) is 14.0 Å². The van der Waals surface area contributed by atoms with Crippen LogP contribution in [0.15, 0.2) is 30.3 Å². The number of nitrogens with zero attached hydrogens (tertiary/aromatic N) is 3. The number of hydrogen-bond donors (Lipinski definition) is 4. The molecule has 0 unspecified atom stereocenters. The largest absolute Gasteiger partial charge is 0.355 e. The summed E-state index contributed by atoms with van der Waals surface area (Å²) in [7, 11) is 0. The highest BCUT2D eigenvalue weighted by atomic mass is 35.5. The third kappa shape index (κ3) is 4.53. The van der Waals surface area contributed by atoms with Gasteiger partial charge < -0.3 is 15.2 Å². The number of aromatic amines is 1. The van der Waals surface area contributed by atoms with Crippen LogP contribution in [-0.4, -0.2) is 52.1 Å². The van der Waals surface area contributed by atoms with Gasteiger partial charge in [0, 0.05) is 18.7 Å². The van der Waals surface area contributed by atoms with E-state index in [-0.39, 0.29) is 33.1 Å². The number of halogens is 3. The molecule has 0 spiro atoms. The molecule has 30 heavy (non-hydrogen) atoms. The topological polar surface area (TPSA) is 91.3 Å². The first-order chi connectivity index (χ1) is 14.3. The van der Waals surface area contributed by atoms with Gasteiger partial charge in [0.15, 0.2) is 11.7 Å². The molecular weight excluding hydrogens is 414 g/mol. The number of hydrogen-bond acceptors (Lipinski definition) is 5. The van der Waals surface area contributed by atoms with E-state index in [1.807, 2.05) is 0 Å². The van der Waals surface area contributed by atoms with Gasteiger partial charge in [0.05, 0.1) is 16.2 Å². The summed E-state index contributed by atoms with van der Waals surface area (Å²) in [6.07, 6.45) is 0. The van der Waals surface area contributed by atoms with Crippen molar-refractivity contribution in [2.45, 2.75) is 13.8 Å². The molecule has 7 nitrogen and oxygen atoms in total. The van der Waals surface area contributed by atoms with E-state index in [4.69, 9.17) is 17.0 Å². The van der Waals surface area contributed by atoms with Crippen LogP contribution >= 0.6 is 11.6 Å². The van der Waals surface area contributed by atoms with Crippen molar-refractivity contribution in [1.82, 2.24) is 14.9 Å². The van der Waals surface area contributed by atoms with Gasteiger partial charge in [-0.25, -0.2) is 18.8 Å². The number of H-pyrrole nitrogens is 1. The molecule has 0 fully saturated rings. The first-order valence-electron chi connectivity index (χ1n) is 9.53. The van der Waals surface area contributed by atoms with E-state index >= 15 is 0 Å². The molecule has 1 aromatic heterocycles. The maximum Gasteiger partial charge on any atom is 0.201 e. The van der Waals surface area contributed by atoms with Gasteiger partial charge in [0.1, 0.15) is 11.3 Å². The average molecular weight is 437 g/mol. The van der Waals surface area contributed by atoms with Gasteiger partial charge in [0.25, 0.3) is 0 Å². The zero-order valence-electron chi connectivity index (χ0n) is 16.6. The minimum Gasteiger partial charge on any atom is -0.355 e. The minimum atomic E-state index is -0.640. The van der Waals surface area contributed by atoms with E-state index in [1.165, 1.54) is 24.3 Å². The highest BCUT2D eigenvalue weighted by Crippen LogP contribution is 2.26. The van der Waals surface area contributed by atoms with E-state index in [0.717, 1.165) is 25.7 Å². The zero-order chi connectivity index (χ0) is 21.8. The van der Waals surface area contributed by atoms with Crippen LogP contribution in [0.1, 0.15) is 19.4 Å². The van der Waals surface area contributed by atoms with Crippen LogP contribution in [0.3, 0.4) is 0 Å². The molecule has 1 heterocycles. The van der Waals surface area contributed by atoms with Gasteiger partial charge in [-0.3, -0.25) is 10.6 Å². The summed E-state index contributed by atoms with van der Waals surface area (Å²) >= 11 is 5.76. The second-order valence-corrected chi connectivity index (χ2v) is 7.02. The number of rotatable bonds is 8. The maximum absolute atomic E-state index is 14.3. The third-order valence-corrected chi connectivity index (χ3v) is 5.11. The van der Waals surface area contributed by atoms with Crippen LogP contribution in [0.4, 0.5) is 20.4 Å². The van der Waals surface area contributed by atoms with Crippen molar-refractivity contribution in [3.8, 4) is 0 Å². The van der Waals surface area contributed by atoms with Crippen LogP contribution in [0.5, 0.6) is 0 Å². The van der Waals surface area contributed by atoms with Gasteiger partial charge in [0.2, 0.25) is 5.95 Å². The summed E-state index contributed by atoms with van der Waals surface area (Å²) in [4.78, 5) is 9.44. The van der Waals surface area contributed by atoms with Crippen LogP contribution in [-0.2, 0) is 0 Å². The molecular formula is C20H23ClF2N6O. The lowest BCUT2D eigenvalue weighted by molar-refractivity contribution is 0.312. The predicted molar refractivity (Wildman–Crippen MR) is 115 cm³/mol. The van der Waals surface area contributed by atoms with E-state index < -0.39 is 11.6 Å². The molecule has 0 saturated carbocycles. The summed E-state index contributed by atoms with van der Waals surface area (Å²) < 4.78 is 27.7. The molecule has 0 amide bonds. The SMILES string of the molecule is CCN(CC)CCNc1nc2c(F)ccc(C(=N)N(O)c3ccc(F)c(Cl)c3)c2[nH]1. The molecule has 10 heteroatoms. The Morgan fingerprint density at radius 1 is 1.20 bits per heavy atom. The van der Waals surface area contributed by atoms with E-state index in [1.54, 1.807) is 0 Å². The molecule has 160 valence electrons. The number of anilines is 2. The lowest BCUT2D eigenvalue weighted by Crippen LogP contribution is -2.28. The molecule has 0 aliphatic heterocycles. The number of fused-ring (bicyclic) bond motifs is 1. The molecule has 0 bridgehead atoms. The molecule has 2 aromatic carbocycles. The Kier molecular flexibility index (Phi) is 6.86. The van der Waals surface area contributed by atoms with Crippen LogP contribution < -0.4 is 10.4 Å². The fourth-order valence-electron chi connectivity index (χ4n) is 3.07. The Bertz CT molecular complexity index is 1050. The summed E-state index contributed by atoms with van der Waals surface area (Å²) in [5.74, 6) is -1.17. The van der Waals surface area contributed by atoms with Crippen LogP contribution in [0.25, 0.3) is 11.0 Å². The second kappa shape index (κ2) is 9.38. The predicted octanol–water partition coefficient (Wildman–Crippen LogP) is 4.47. The van der Waals surface area contributed by atoms with E-state index in [2.05, 4.69) is 34.0 Å². The number of amidine groups is 1. The Labute approximate surface area is 177 Å². The molecule has 4 N–H and O–H groups in total. The van der Waals surface area contributed by atoms with Crippen LogP contribution in [0, 0.1) is 17.0 Å². The highest BCUT2D eigenvalue weighted by Gasteiger charge is 2.20. The van der Waals surface area contributed by atoms with Crippen molar-refractivity contribution < 1.29 is 14.0 Å². The third-order valence-electron chi connectivity index (χ3n) is 4.83. The lowest BCUT2D eigenvalue weighted by atomic mass is 10.1. The number of benzene rings is 2. The number of hydroxylamine groups is 1. The zero-order valence-corrected chi connectivity index (χ0v) is 17.4. The fourth-order valence-corrected chi connectivity index (χ4v) is 3.25. The monoisotopic (exact) mass is 436 g/mol. The first-order valence-corrected chi connectivity index (χ1v) is 9.90. The smallest absolute Gasteiger partial charge is 0.201 e. The average Bonchev–Trinajstić information content (AvgIpc) is 3.17. The van der Waals surface area contributed by atoms with Crippen molar-refractivity contribution in [1.29, 1.82) is 5.41 Å².